The van der Waals surface area contributed by atoms with Gasteiger partial charge < -0.3 is 0 Å². The van der Waals surface area contributed by atoms with Crippen molar-refractivity contribution < 1.29 is 0 Å². The van der Waals surface area contributed by atoms with E-state index in [2.05, 4.69) is 21.9 Å². The molecule has 2 aliphatic heterocycles. The summed E-state index contributed by atoms with van der Waals surface area (Å²) in [6.45, 7) is 3.90. The average molecular weight is 176 g/mol. The van der Waals surface area contributed by atoms with E-state index in [1.165, 1.54) is 0 Å². The lowest BCUT2D eigenvalue weighted by atomic mass is 10.4. The fraction of sp³-hybridized carbons (Fsp3) is 0.778. The first-order chi connectivity index (χ1) is 6.35. The second kappa shape index (κ2) is 3.33. The minimum Gasteiger partial charge on any atom is -0.284 e. The van der Waals surface area contributed by atoms with Crippen molar-refractivity contribution in [3.8, 4) is 12.1 Å². The molecule has 2 saturated heterocycles. The first-order valence-corrected chi connectivity index (χ1v) is 4.62. The molecule has 0 spiro atoms. The molecule has 13 heavy (non-hydrogen) atoms. The normalized spacial score (nSPS) is 40.5. The number of nitrogens with zero attached hydrogens (tertiary/aromatic N) is 4. The summed E-state index contributed by atoms with van der Waals surface area (Å²) in [6.07, 6.45) is 1.08. The van der Waals surface area contributed by atoms with Crippen LogP contribution in [0.5, 0.6) is 0 Å². The molecule has 0 aromatic heterocycles. The van der Waals surface area contributed by atoms with Crippen molar-refractivity contribution in [3.63, 3.8) is 0 Å². The van der Waals surface area contributed by atoms with Crippen LogP contribution in [0.15, 0.2) is 0 Å². The van der Waals surface area contributed by atoms with Gasteiger partial charge in [0.15, 0.2) is 0 Å². The van der Waals surface area contributed by atoms with Gasteiger partial charge in [0.25, 0.3) is 0 Å². The highest BCUT2D eigenvalue weighted by Crippen LogP contribution is 2.19. The molecule has 0 aromatic carbocycles. The maximum absolute atomic E-state index is 8.53. The van der Waals surface area contributed by atoms with Crippen LogP contribution < -0.4 is 0 Å². The van der Waals surface area contributed by atoms with Gasteiger partial charge in [-0.3, -0.25) is 9.80 Å². The molecule has 4 unspecified atom stereocenters. The van der Waals surface area contributed by atoms with Crippen molar-refractivity contribution in [2.24, 2.45) is 0 Å². The summed E-state index contributed by atoms with van der Waals surface area (Å²) in [6, 6.07) is 4.81. The lowest BCUT2D eigenvalue weighted by molar-refractivity contribution is 0.448. The highest BCUT2D eigenvalue weighted by Gasteiger charge is 2.35. The van der Waals surface area contributed by atoms with Gasteiger partial charge in [-0.05, 0) is 6.42 Å². The molecule has 0 bridgehead atoms. The van der Waals surface area contributed by atoms with Crippen molar-refractivity contribution >= 4 is 0 Å². The zero-order valence-corrected chi connectivity index (χ0v) is 7.48. The number of hydrogen-bond donors (Lipinski definition) is 0. The van der Waals surface area contributed by atoms with Crippen LogP contribution in [0.2, 0.25) is 0 Å². The summed E-state index contributed by atoms with van der Waals surface area (Å²) in [5.41, 5.74) is 0. The first-order valence-electron chi connectivity index (χ1n) is 4.62. The monoisotopic (exact) mass is 176 g/mol. The Morgan fingerprint density at radius 3 is 1.77 bits per heavy atom. The third-order valence-corrected chi connectivity index (χ3v) is 2.62. The Labute approximate surface area is 78.0 Å². The maximum Gasteiger partial charge on any atom is 0.111 e. The summed E-state index contributed by atoms with van der Waals surface area (Å²) in [5, 5.41) is 17.1. The minimum absolute atomic E-state index is 0.181. The molecule has 2 aliphatic rings. The van der Waals surface area contributed by atoms with Gasteiger partial charge in [0.1, 0.15) is 12.1 Å². The highest BCUT2D eigenvalue weighted by atomic mass is 15.3. The van der Waals surface area contributed by atoms with Crippen LogP contribution in [-0.2, 0) is 0 Å². The van der Waals surface area contributed by atoms with E-state index >= 15 is 0 Å². The molecule has 0 saturated carbocycles. The quantitative estimate of drug-likeness (QED) is 0.556. The highest BCUT2D eigenvalue weighted by molar-refractivity contribution is 5.07. The summed E-state index contributed by atoms with van der Waals surface area (Å²) >= 11 is 0. The van der Waals surface area contributed by atoms with Gasteiger partial charge in [-0.15, -0.1) is 0 Å². The lowest BCUT2D eigenvalue weighted by Gasteiger charge is -2.01. The Balaban J connectivity index is 1.52. The largest absolute Gasteiger partial charge is 0.284 e. The molecule has 0 aliphatic carbocycles. The zero-order valence-electron chi connectivity index (χ0n) is 7.48. The SMILES string of the molecule is N#CC1CN1CCCN1CC1C#N. The van der Waals surface area contributed by atoms with E-state index in [1.807, 2.05) is 0 Å². The summed E-state index contributed by atoms with van der Waals surface area (Å²) in [4.78, 5) is 4.32. The minimum atomic E-state index is 0.181. The molecule has 2 rings (SSSR count). The van der Waals surface area contributed by atoms with Crippen molar-refractivity contribution in [2.75, 3.05) is 26.2 Å². The van der Waals surface area contributed by atoms with Crippen LogP contribution in [0, 0.1) is 22.7 Å². The van der Waals surface area contributed by atoms with Gasteiger partial charge in [-0.1, -0.05) is 0 Å². The third kappa shape index (κ3) is 1.98. The van der Waals surface area contributed by atoms with Crippen molar-refractivity contribution in [3.05, 3.63) is 0 Å². The van der Waals surface area contributed by atoms with E-state index in [9.17, 15) is 0 Å². The van der Waals surface area contributed by atoms with Crippen molar-refractivity contribution in [1.29, 1.82) is 10.5 Å². The van der Waals surface area contributed by atoms with Gasteiger partial charge in [-0.25, -0.2) is 0 Å². The summed E-state index contributed by atoms with van der Waals surface area (Å²) < 4.78 is 0. The molecule has 0 radical (unpaired) electrons. The van der Waals surface area contributed by atoms with Crippen LogP contribution in [0.3, 0.4) is 0 Å². The molecule has 4 heteroatoms. The Kier molecular flexibility index (Phi) is 2.18. The molecule has 2 heterocycles. The van der Waals surface area contributed by atoms with Crippen molar-refractivity contribution in [2.45, 2.75) is 18.5 Å². The Hall–Kier alpha value is -1.10. The summed E-state index contributed by atoms with van der Waals surface area (Å²) in [5.74, 6) is 0. The number of nitriles is 2. The molecule has 4 atom stereocenters. The number of hydrogen-bond acceptors (Lipinski definition) is 4. The third-order valence-electron chi connectivity index (χ3n) is 2.62. The predicted molar refractivity (Wildman–Crippen MR) is 46.6 cm³/mol. The van der Waals surface area contributed by atoms with E-state index < -0.39 is 0 Å². The van der Waals surface area contributed by atoms with E-state index in [1.54, 1.807) is 0 Å². The summed E-state index contributed by atoms with van der Waals surface area (Å²) in [7, 11) is 0. The van der Waals surface area contributed by atoms with Crippen LogP contribution in [-0.4, -0.2) is 48.1 Å². The van der Waals surface area contributed by atoms with Gasteiger partial charge in [0, 0.05) is 26.2 Å². The second-order valence-electron chi connectivity index (χ2n) is 3.63. The molecule has 2 fully saturated rings. The second-order valence-corrected chi connectivity index (χ2v) is 3.63. The molecular formula is C9H12N4. The standard InChI is InChI=1S/C9H12N4/c10-4-8-6-12(8)2-1-3-13-7-9(13)5-11/h8-9H,1-3,6-7H2. The van der Waals surface area contributed by atoms with Crippen LogP contribution >= 0.6 is 0 Å². The van der Waals surface area contributed by atoms with E-state index in [4.69, 9.17) is 10.5 Å². The fourth-order valence-corrected chi connectivity index (χ4v) is 1.57. The van der Waals surface area contributed by atoms with Gasteiger partial charge in [0.05, 0.1) is 12.1 Å². The molecule has 0 amide bonds. The Morgan fingerprint density at radius 1 is 1.00 bits per heavy atom. The Morgan fingerprint density at radius 2 is 1.46 bits per heavy atom. The van der Waals surface area contributed by atoms with Gasteiger partial charge in [-0.2, -0.15) is 10.5 Å². The predicted octanol–water partition coefficient (Wildman–Crippen LogP) is -0.208. The molecule has 0 N–H and O–H groups in total. The van der Waals surface area contributed by atoms with Crippen LogP contribution in [0.4, 0.5) is 0 Å². The average Bonchev–Trinajstić information content (AvgIpc) is 2.99. The van der Waals surface area contributed by atoms with Crippen LogP contribution in [0.25, 0.3) is 0 Å². The van der Waals surface area contributed by atoms with Crippen molar-refractivity contribution in [1.82, 2.24) is 9.80 Å². The molecule has 0 aromatic rings. The van der Waals surface area contributed by atoms with Gasteiger partial charge in [0.2, 0.25) is 0 Å². The molecule has 68 valence electrons. The maximum atomic E-state index is 8.53. The van der Waals surface area contributed by atoms with E-state index in [-0.39, 0.29) is 12.1 Å². The van der Waals surface area contributed by atoms with E-state index in [0.29, 0.717) is 0 Å². The first kappa shape index (κ1) is 8.50. The topological polar surface area (TPSA) is 53.6 Å². The molecular weight excluding hydrogens is 164 g/mol. The lowest BCUT2D eigenvalue weighted by Crippen LogP contribution is -2.10. The smallest absolute Gasteiger partial charge is 0.111 e. The van der Waals surface area contributed by atoms with Gasteiger partial charge >= 0.3 is 0 Å². The number of rotatable bonds is 4. The zero-order chi connectivity index (χ0) is 9.26. The molecule has 4 nitrogen and oxygen atoms in total. The van der Waals surface area contributed by atoms with Crippen LogP contribution in [0.1, 0.15) is 6.42 Å². The van der Waals surface area contributed by atoms with E-state index in [0.717, 1.165) is 32.6 Å². The Bertz CT molecular complexity index is 246. The fourth-order valence-electron chi connectivity index (χ4n) is 1.57.